The van der Waals surface area contributed by atoms with Crippen molar-refractivity contribution in [2.24, 2.45) is 0 Å². The molecule has 25 heavy (non-hydrogen) atoms. The zero-order chi connectivity index (χ0) is 18.4. The number of benzene rings is 1. The molecule has 1 aromatic heterocycles. The smallest absolute Gasteiger partial charge is 0.340 e. The van der Waals surface area contributed by atoms with Crippen LogP contribution in [0.15, 0.2) is 40.6 Å². The van der Waals surface area contributed by atoms with Gasteiger partial charge in [0.1, 0.15) is 11.1 Å². The van der Waals surface area contributed by atoms with Gasteiger partial charge in [-0.25, -0.2) is 4.79 Å². The second-order valence-electron chi connectivity index (χ2n) is 4.69. The highest BCUT2D eigenvalue weighted by Gasteiger charge is 2.23. The highest BCUT2D eigenvalue weighted by Crippen LogP contribution is 2.29. The minimum Gasteiger partial charge on any atom is -0.449 e. The van der Waals surface area contributed by atoms with E-state index in [4.69, 9.17) is 10.00 Å². The van der Waals surface area contributed by atoms with Crippen LogP contribution in [0.25, 0.3) is 0 Å². The van der Waals surface area contributed by atoms with Crippen molar-refractivity contribution in [3.63, 3.8) is 0 Å². The maximum atomic E-state index is 12.6. The first-order valence-corrected chi connectivity index (χ1v) is 8.71. The van der Waals surface area contributed by atoms with Gasteiger partial charge in [0.25, 0.3) is 11.7 Å². The summed E-state index contributed by atoms with van der Waals surface area (Å²) in [5, 5.41) is 13.4. The molecule has 1 N–H and O–H groups in total. The molecule has 1 heterocycles. The first-order valence-electron chi connectivity index (χ1n) is 6.95. The van der Waals surface area contributed by atoms with Crippen LogP contribution in [0.1, 0.15) is 22.8 Å². The van der Waals surface area contributed by atoms with Gasteiger partial charge >= 0.3 is 5.97 Å². The number of nitrogens with zero attached hydrogens (tertiary/aromatic N) is 1. The van der Waals surface area contributed by atoms with E-state index in [1.165, 1.54) is 31.2 Å². The number of nitriles is 1. The van der Waals surface area contributed by atoms with Crippen molar-refractivity contribution in [3.05, 3.63) is 46.8 Å². The summed E-state index contributed by atoms with van der Waals surface area (Å²) in [6, 6.07) is 9.25. The quantitative estimate of drug-likeness (QED) is 0.601. The van der Waals surface area contributed by atoms with E-state index < -0.39 is 23.7 Å². The Morgan fingerprint density at radius 2 is 2.04 bits per heavy atom. The van der Waals surface area contributed by atoms with Crippen molar-refractivity contribution in [1.29, 1.82) is 5.26 Å². The fourth-order valence-corrected chi connectivity index (χ4v) is 3.19. The van der Waals surface area contributed by atoms with E-state index in [0.717, 1.165) is 11.3 Å². The van der Waals surface area contributed by atoms with Crippen molar-refractivity contribution < 1.29 is 23.1 Å². The second kappa shape index (κ2) is 8.60. The summed E-state index contributed by atoms with van der Waals surface area (Å²) >= 11 is 1.39. The molecular formula is C16H12F2N2O3S2. The van der Waals surface area contributed by atoms with Crippen LogP contribution in [-0.4, -0.2) is 23.7 Å². The number of alkyl halides is 2. The molecule has 0 saturated heterocycles. The fraction of sp³-hybridized carbons (Fsp3) is 0.188. The third-order valence-electron chi connectivity index (χ3n) is 3.00. The molecule has 1 amide bonds. The Kier molecular flexibility index (Phi) is 6.50. The van der Waals surface area contributed by atoms with Gasteiger partial charge in [0, 0.05) is 4.90 Å². The lowest BCUT2D eigenvalue weighted by molar-refractivity contribution is -0.123. The Morgan fingerprint density at radius 1 is 1.32 bits per heavy atom. The summed E-state index contributed by atoms with van der Waals surface area (Å²) in [7, 11) is 0. The Morgan fingerprint density at radius 3 is 2.72 bits per heavy atom. The summed E-state index contributed by atoms with van der Waals surface area (Å²) in [4.78, 5) is 24.3. The molecule has 9 heteroatoms. The molecule has 0 spiro atoms. The van der Waals surface area contributed by atoms with Crippen LogP contribution in [0.5, 0.6) is 0 Å². The summed E-state index contributed by atoms with van der Waals surface area (Å²) in [6.07, 6.45) is -1.16. The van der Waals surface area contributed by atoms with Gasteiger partial charge in [-0.05, 0) is 30.5 Å². The number of esters is 1. The summed E-state index contributed by atoms with van der Waals surface area (Å²) in [5.74, 6) is -4.18. The van der Waals surface area contributed by atoms with Crippen molar-refractivity contribution in [3.8, 4) is 6.07 Å². The van der Waals surface area contributed by atoms with Gasteiger partial charge in [0.05, 0.1) is 11.1 Å². The molecule has 2 rings (SSSR count). The van der Waals surface area contributed by atoms with Gasteiger partial charge in [0.15, 0.2) is 6.10 Å². The van der Waals surface area contributed by atoms with Crippen molar-refractivity contribution in [2.75, 3.05) is 5.32 Å². The number of nitrogens with one attached hydrogen (secondary N) is 1. The van der Waals surface area contributed by atoms with Crippen LogP contribution < -0.4 is 5.32 Å². The minimum atomic E-state index is -2.68. The first kappa shape index (κ1) is 18.9. The van der Waals surface area contributed by atoms with Crippen LogP contribution in [0, 0.1) is 11.3 Å². The van der Waals surface area contributed by atoms with Crippen LogP contribution in [0.4, 0.5) is 13.8 Å². The Hall–Kier alpha value is -2.44. The van der Waals surface area contributed by atoms with E-state index in [1.807, 2.05) is 6.07 Å². The van der Waals surface area contributed by atoms with Crippen molar-refractivity contribution in [1.82, 2.24) is 0 Å². The molecule has 0 bridgehead atoms. The van der Waals surface area contributed by atoms with Crippen molar-refractivity contribution >= 4 is 40.0 Å². The van der Waals surface area contributed by atoms with Gasteiger partial charge in [-0.1, -0.05) is 23.9 Å². The molecule has 0 radical (unpaired) electrons. The van der Waals surface area contributed by atoms with E-state index >= 15 is 0 Å². The molecule has 5 nitrogen and oxygen atoms in total. The Balaban J connectivity index is 2.05. The van der Waals surface area contributed by atoms with Gasteiger partial charge in [-0.3, -0.25) is 4.79 Å². The Labute approximate surface area is 150 Å². The number of rotatable bonds is 6. The first-order chi connectivity index (χ1) is 11.9. The molecule has 1 atom stereocenters. The number of ether oxygens (including phenoxy) is 1. The highest BCUT2D eigenvalue weighted by molar-refractivity contribution is 7.99. The molecule has 130 valence electrons. The van der Waals surface area contributed by atoms with Crippen molar-refractivity contribution in [2.45, 2.75) is 23.7 Å². The number of carbonyl (C=O) groups excluding carboxylic acids is 2. The lowest BCUT2D eigenvalue weighted by Crippen LogP contribution is -2.30. The fourth-order valence-electron chi connectivity index (χ4n) is 1.82. The van der Waals surface area contributed by atoms with Gasteiger partial charge < -0.3 is 10.1 Å². The largest absolute Gasteiger partial charge is 0.449 e. The number of anilines is 1. The van der Waals surface area contributed by atoms with Gasteiger partial charge in [-0.15, -0.1) is 11.3 Å². The molecule has 0 aliphatic heterocycles. The summed E-state index contributed by atoms with van der Waals surface area (Å²) in [5.41, 5.74) is 0.261. The van der Waals surface area contributed by atoms with Crippen LogP contribution in [0.3, 0.4) is 0 Å². The number of halogens is 2. The Bertz CT molecular complexity index is 818. The third-order valence-corrected chi connectivity index (χ3v) is 4.62. The topological polar surface area (TPSA) is 79.2 Å². The van der Waals surface area contributed by atoms with Crippen LogP contribution in [0.2, 0.25) is 0 Å². The van der Waals surface area contributed by atoms with E-state index in [1.54, 1.807) is 11.4 Å². The SMILES string of the molecule is C[C@@H](OC(=O)c1ccccc1SC(F)F)C(=O)Nc1sccc1C#N. The lowest BCUT2D eigenvalue weighted by Gasteiger charge is -2.14. The normalized spacial score (nSPS) is 11.6. The third kappa shape index (κ3) is 5.01. The molecule has 2 aromatic rings. The van der Waals surface area contributed by atoms with Gasteiger partial charge in [0.2, 0.25) is 0 Å². The maximum absolute atomic E-state index is 12.6. The molecule has 0 aliphatic carbocycles. The lowest BCUT2D eigenvalue weighted by atomic mass is 10.2. The van der Waals surface area contributed by atoms with E-state index in [2.05, 4.69) is 5.32 Å². The number of hydrogen-bond donors (Lipinski definition) is 1. The standard InChI is InChI=1S/C16H12F2N2O3S2/c1-9(13(21)20-14-10(8-19)6-7-24-14)23-15(22)11-4-2-3-5-12(11)25-16(17)18/h2-7,9,16H,1H3,(H,20,21)/t9-/m1/s1. The minimum absolute atomic E-state index is 0.0405. The predicted molar refractivity (Wildman–Crippen MR) is 90.8 cm³/mol. The molecule has 1 aromatic carbocycles. The number of thioether (sulfide) groups is 1. The highest BCUT2D eigenvalue weighted by atomic mass is 32.2. The average Bonchev–Trinajstić information content (AvgIpc) is 3.01. The molecule has 0 saturated carbocycles. The number of carbonyl (C=O) groups is 2. The molecular weight excluding hydrogens is 370 g/mol. The zero-order valence-corrected chi connectivity index (χ0v) is 14.5. The molecule has 0 fully saturated rings. The summed E-state index contributed by atoms with van der Waals surface area (Å²) < 4.78 is 30.2. The predicted octanol–water partition coefficient (Wildman–Crippen LogP) is 4.12. The molecule has 0 aliphatic rings. The van der Waals surface area contributed by atoms with Gasteiger partial charge in [-0.2, -0.15) is 14.0 Å². The summed E-state index contributed by atoms with van der Waals surface area (Å²) in [6.45, 7) is 1.36. The number of hydrogen-bond acceptors (Lipinski definition) is 6. The van der Waals surface area contributed by atoms with E-state index in [9.17, 15) is 18.4 Å². The average molecular weight is 382 g/mol. The number of amides is 1. The van der Waals surface area contributed by atoms with E-state index in [-0.39, 0.29) is 22.2 Å². The maximum Gasteiger partial charge on any atom is 0.340 e. The molecule has 0 unspecified atom stereocenters. The van der Waals surface area contributed by atoms with E-state index in [0.29, 0.717) is 10.6 Å². The van der Waals surface area contributed by atoms with Crippen LogP contribution in [-0.2, 0) is 9.53 Å². The zero-order valence-electron chi connectivity index (χ0n) is 12.9. The number of thiophene rings is 1. The second-order valence-corrected chi connectivity index (χ2v) is 6.63. The monoisotopic (exact) mass is 382 g/mol. The van der Waals surface area contributed by atoms with Crippen LogP contribution >= 0.6 is 23.1 Å².